The van der Waals surface area contributed by atoms with E-state index in [0.717, 1.165) is 36.1 Å². The molecule has 4 heterocycles. The first-order valence-corrected chi connectivity index (χ1v) is 12.3. The molecule has 1 aliphatic carbocycles. The standard InChI is InChI=1S/C25H38N4O2/c1-31-21-15-23-22(26-16-21)7-8-24(30)29(23)14-13-27-11-9-25(18-27)10-12-28(19-25)17-20-5-3-2-4-6-20/h7-8,15,20,26H,2-6,9-14,16-19H2,1H3. The van der Waals surface area contributed by atoms with Crippen molar-refractivity contribution in [1.29, 1.82) is 0 Å². The average molecular weight is 427 g/mol. The van der Waals surface area contributed by atoms with Crippen LogP contribution in [0, 0.1) is 11.3 Å². The number of rotatable bonds is 6. The van der Waals surface area contributed by atoms with E-state index < -0.39 is 0 Å². The molecule has 0 amide bonds. The fraction of sp³-hybridized carbons (Fsp3) is 0.720. The molecule has 5 rings (SSSR count). The molecule has 0 radical (unpaired) electrons. The number of methoxy groups -OCH3 is 1. The number of anilines is 1. The van der Waals surface area contributed by atoms with Crippen LogP contribution in [0.4, 0.5) is 5.69 Å². The van der Waals surface area contributed by atoms with Gasteiger partial charge in [-0.15, -0.1) is 0 Å². The summed E-state index contributed by atoms with van der Waals surface area (Å²) in [6, 6.07) is 3.57. The summed E-state index contributed by atoms with van der Waals surface area (Å²) in [6.07, 6.45) is 11.9. The van der Waals surface area contributed by atoms with Gasteiger partial charge in [-0.25, -0.2) is 0 Å². The summed E-state index contributed by atoms with van der Waals surface area (Å²) in [4.78, 5) is 18.0. The third-order valence-electron chi connectivity index (χ3n) is 8.15. The molecule has 1 spiro atoms. The van der Waals surface area contributed by atoms with Gasteiger partial charge in [0.2, 0.25) is 0 Å². The largest absolute Gasteiger partial charge is 0.499 e. The Morgan fingerprint density at radius 1 is 1.06 bits per heavy atom. The minimum atomic E-state index is 0.0718. The highest BCUT2D eigenvalue weighted by Crippen LogP contribution is 2.40. The monoisotopic (exact) mass is 426 g/mol. The zero-order chi connectivity index (χ0) is 21.3. The third-order valence-corrected chi connectivity index (χ3v) is 8.15. The maximum Gasteiger partial charge on any atom is 0.251 e. The molecule has 0 bridgehead atoms. The Bertz CT molecular complexity index is 873. The predicted octanol–water partition coefficient (Wildman–Crippen LogP) is 3.24. The summed E-state index contributed by atoms with van der Waals surface area (Å²) in [5.74, 6) is 1.81. The van der Waals surface area contributed by atoms with E-state index in [-0.39, 0.29) is 5.56 Å². The highest BCUT2D eigenvalue weighted by atomic mass is 16.5. The van der Waals surface area contributed by atoms with Crippen molar-refractivity contribution in [1.82, 2.24) is 14.4 Å². The lowest BCUT2D eigenvalue weighted by Crippen LogP contribution is -2.35. The number of ether oxygens (including phenoxy) is 1. The van der Waals surface area contributed by atoms with Gasteiger partial charge >= 0.3 is 0 Å². The molecule has 1 unspecified atom stereocenters. The van der Waals surface area contributed by atoms with Gasteiger partial charge in [0.1, 0.15) is 5.76 Å². The first kappa shape index (κ1) is 21.1. The molecule has 3 fully saturated rings. The van der Waals surface area contributed by atoms with Crippen molar-refractivity contribution in [3.8, 4) is 0 Å². The van der Waals surface area contributed by atoms with Crippen LogP contribution in [0.2, 0.25) is 0 Å². The van der Waals surface area contributed by atoms with E-state index in [1.807, 2.05) is 16.7 Å². The molecule has 1 aromatic heterocycles. The SMILES string of the molecule is COC1=Cc2c(ccc(=O)n2CCN2CCC3(CCN(CC4CCCCC4)C3)C2)NC1. The van der Waals surface area contributed by atoms with Crippen molar-refractivity contribution in [2.75, 3.05) is 58.2 Å². The second-order valence-corrected chi connectivity index (χ2v) is 10.3. The number of hydrogen-bond donors (Lipinski definition) is 1. The molecule has 6 nitrogen and oxygen atoms in total. The van der Waals surface area contributed by atoms with Gasteiger partial charge in [0.05, 0.1) is 25.0 Å². The fourth-order valence-corrected chi connectivity index (χ4v) is 6.36. The van der Waals surface area contributed by atoms with Crippen molar-refractivity contribution in [2.24, 2.45) is 11.3 Å². The Morgan fingerprint density at radius 2 is 1.84 bits per heavy atom. The van der Waals surface area contributed by atoms with Gasteiger partial charge in [-0.2, -0.15) is 0 Å². The Labute approximate surface area is 186 Å². The van der Waals surface area contributed by atoms with Crippen LogP contribution in [0.25, 0.3) is 6.08 Å². The Kier molecular flexibility index (Phi) is 6.11. The minimum absolute atomic E-state index is 0.0718. The summed E-state index contributed by atoms with van der Waals surface area (Å²) in [5, 5.41) is 3.36. The van der Waals surface area contributed by atoms with Crippen molar-refractivity contribution in [2.45, 2.75) is 51.5 Å². The molecule has 1 atom stereocenters. The normalized spacial score (nSPS) is 27.3. The maximum atomic E-state index is 12.6. The highest BCUT2D eigenvalue weighted by molar-refractivity contribution is 5.68. The van der Waals surface area contributed by atoms with Gasteiger partial charge in [0.25, 0.3) is 5.56 Å². The van der Waals surface area contributed by atoms with E-state index in [1.54, 1.807) is 13.2 Å². The van der Waals surface area contributed by atoms with Gasteiger partial charge in [0, 0.05) is 44.9 Å². The van der Waals surface area contributed by atoms with Gasteiger partial charge in [-0.3, -0.25) is 4.79 Å². The van der Waals surface area contributed by atoms with Crippen LogP contribution in [0.3, 0.4) is 0 Å². The van der Waals surface area contributed by atoms with Crippen LogP contribution in [-0.2, 0) is 11.3 Å². The molecule has 170 valence electrons. The van der Waals surface area contributed by atoms with Gasteiger partial charge < -0.3 is 24.4 Å². The third kappa shape index (κ3) is 4.56. The molecule has 0 aromatic carbocycles. The summed E-state index contributed by atoms with van der Waals surface area (Å²) in [7, 11) is 1.69. The summed E-state index contributed by atoms with van der Waals surface area (Å²) < 4.78 is 7.33. The lowest BCUT2D eigenvalue weighted by molar-refractivity contribution is 0.200. The number of pyridine rings is 1. The Morgan fingerprint density at radius 3 is 2.65 bits per heavy atom. The summed E-state index contributed by atoms with van der Waals surface area (Å²) in [5.41, 5.74) is 2.53. The number of aromatic nitrogens is 1. The van der Waals surface area contributed by atoms with E-state index in [1.165, 1.54) is 77.7 Å². The Balaban J connectivity index is 1.18. The van der Waals surface area contributed by atoms with Crippen LogP contribution in [0.5, 0.6) is 0 Å². The summed E-state index contributed by atoms with van der Waals surface area (Å²) >= 11 is 0. The first-order valence-electron chi connectivity index (χ1n) is 12.3. The molecule has 1 aromatic rings. The lowest BCUT2D eigenvalue weighted by Gasteiger charge is -2.29. The molecule has 2 saturated heterocycles. The van der Waals surface area contributed by atoms with Crippen LogP contribution in [-0.4, -0.2) is 67.3 Å². The minimum Gasteiger partial charge on any atom is -0.499 e. The van der Waals surface area contributed by atoms with Crippen LogP contribution < -0.4 is 10.9 Å². The van der Waals surface area contributed by atoms with Crippen LogP contribution in [0.1, 0.15) is 50.6 Å². The summed E-state index contributed by atoms with van der Waals surface area (Å²) in [6.45, 7) is 8.60. The second kappa shape index (κ2) is 8.99. The van der Waals surface area contributed by atoms with Crippen molar-refractivity contribution < 1.29 is 4.74 Å². The maximum absolute atomic E-state index is 12.6. The number of nitrogens with one attached hydrogen (secondary N) is 1. The molecule has 31 heavy (non-hydrogen) atoms. The van der Waals surface area contributed by atoms with Gasteiger partial charge in [-0.1, -0.05) is 19.3 Å². The van der Waals surface area contributed by atoms with E-state index in [4.69, 9.17) is 4.74 Å². The van der Waals surface area contributed by atoms with Gasteiger partial charge in [-0.05, 0) is 56.2 Å². The Hall–Kier alpha value is -1.79. The quantitative estimate of drug-likeness (QED) is 0.757. The van der Waals surface area contributed by atoms with Crippen molar-refractivity contribution in [3.05, 3.63) is 33.9 Å². The van der Waals surface area contributed by atoms with E-state index >= 15 is 0 Å². The number of hydrogen-bond acceptors (Lipinski definition) is 5. The number of fused-ring (bicyclic) bond motifs is 1. The molecule has 3 aliphatic heterocycles. The topological polar surface area (TPSA) is 49.7 Å². The van der Waals surface area contributed by atoms with Crippen molar-refractivity contribution in [3.63, 3.8) is 0 Å². The smallest absolute Gasteiger partial charge is 0.251 e. The molecule has 6 heteroatoms. The number of likely N-dealkylation sites (tertiary alicyclic amines) is 2. The van der Waals surface area contributed by atoms with E-state index in [9.17, 15) is 4.79 Å². The average Bonchev–Trinajstić information content (AvgIpc) is 3.39. The predicted molar refractivity (Wildman–Crippen MR) is 125 cm³/mol. The first-order chi connectivity index (χ1) is 15.1. The van der Waals surface area contributed by atoms with E-state index in [2.05, 4.69) is 15.1 Å². The molecular weight excluding hydrogens is 388 g/mol. The number of nitrogens with zero attached hydrogens (tertiary/aromatic N) is 3. The fourth-order valence-electron chi connectivity index (χ4n) is 6.36. The van der Waals surface area contributed by atoms with E-state index in [0.29, 0.717) is 12.0 Å². The second-order valence-electron chi connectivity index (χ2n) is 10.3. The zero-order valence-corrected chi connectivity index (χ0v) is 19.1. The van der Waals surface area contributed by atoms with Crippen LogP contribution >= 0.6 is 0 Å². The highest BCUT2D eigenvalue weighted by Gasteiger charge is 2.43. The molecular formula is C25H38N4O2. The molecule has 1 saturated carbocycles. The van der Waals surface area contributed by atoms with Crippen LogP contribution in [0.15, 0.2) is 22.7 Å². The van der Waals surface area contributed by atoms with Crippen molar-refractivity contribution >= 4 is 11.8 Å². The lowest BCUT2D eigenvalue weighted by atomic mass is 9.86. The zero-order valence-electron chi connectivity index (χ0n) is 19.1. The molecule has 1 N–H and O–H groups in total. The molecule has 4 aliphatic rings. The van der Waals surface area contributed by atoms with Gasteiger partial charge in [0.15, 0.2) is 0 Å².